The van der Waals surface area contributed by atoms with Gasteiger partial charge in [-0.15, -0.1) is 0 Å². The Hall–Kier alpha value is -0.610. The fourth-order valence-electron chi connectivity index (χ4n) is 2.07. The number of nitrogens with zero attached hydrogens (tertiary/aromatic N) is 1. The van der Waals surface area contributed by atoms with Gasteiger partial charge in [-0.1, -0.05) is 0 Å². The molecule has 1 spiro atoms. The van der Waals surface area contributed by atoms with Crippen LogP contribution in [0.15, 0.2) is 0 Å². The predicted molar refractivity (Wildman–Crippen MR) is 41.4 cm³/mol. The molecule has 2 heterocycles. The van der Waals surface area contributed by atoms with Crippen LogP contribution in [0.5, 0.6) is 0 Å². The molecule has 2 saturated heterocycles. The van der Waals surface area contributed by atoms with Crippen molar-refractivity contribution in [2.45, 2.75) is 24.5 Å². The van der Waals surface area contributed by atoms with Crippen molar-refractivity contribution < 1.29 is 9.53 Å². The normalized spacial score (nSPS) is 32.7. The molecule has 0 atom stereocenters. The van der Waals surface area contributed by atoms with Gasteiger partial charge in [-0.2, -0.15) is 0 Å². The van der Waals surface area contributed by atoms with Crippen LogP contribution in [-0.4, -0.2) is 42.3 Å². The number of rotatable bonds is 1. The van der Waals surface area contributed by atoms with E-state index in [-0.39, 0.29) is 11.6 Å². The zero-order valence-electron chi connectivity index (χ0n) is 6.88. The molecule has 66 valence electrons. The number of carbonyl (C=O) groups is 1. The van der Waals surface area contributed by atoms with Gasteiger partial charge in [-0.3, -0.25) is 10.1 Å². The lowest BCUT2D eigenvalue weighted by Crippen LogP contribution is -2.66. The van der Waals surface area contributed by atoms with Crippen LogP contribution in [0.4, 0.5) is 0 Å². The van der Waals surface area contributed by atoms with E-state index in [0.29, 0.717) is 25.8 Å². The molecule has 1 N–H and O–H groups in total. The minimum Gasteiger partial charge on any atom is -0.374 e. The Balaban J connectivity index is 1.88. The second-order valence-corrected chi connectivity index (χ2v) is 3.87. The summed E-state index contributed by atoms with van der Waals surface area (Å²) in [5, 5.41) is 3.24. The molecule has 1 aliphatic carbocycles. The maximum atomic E-state index is 11.5. The molecule has 3 aliphatic rings. The largest absolute Gasteiger partial charge is 0.374 e. The summed E-state index contributed by atoms with van der Waals surface area (Å²) in [5.74, 6) is 0.251. The zero-order valence-corrected chi connectivity index (χ0v) is 6.88. The first-order valence-electron chi connectivity index (χ1n) is 4.47. The van der Waals surface area contributed by atoms with Crippen LogP contribution >= 0.6 is 0 Å². The Labute approximate surface area is 70.9 Å². The molecule has 0 bridgehead atoms. The molecule has 4 nitrogen and oxygen atoms in total. The standard InChI is InChI=1S/C8H12N2O2/c11-7-3-9-8(4-12-5-8)10(7)6-1-2-6/h6,9H,1-5H2. The monoisotopic (exact) mass is 168 g/mol. The third-order valence-corrected chi connectivity index (χ3v) is 2.89. The lowest BCUT2D eigenvalue weighted by molar-refractivity contribution is -0.158. The van der Waals surface area contributed by atoms with Gasteiger partial charge in [0.15, 0.2) is 0 Å². The van der Waals surface area contributed by atoms with E-state index < -0.39 is 0 Å². The van der Waals surface area contributed by atoms with Crippen LogP contribution in [0.2, 0.25) is 0 Å². The molecule has 0 unspecified atom stereocenters. The van der Waals surface area contributed by atoms with Crippen LogP contribution in [0.1, 0.15) is 12.8 Å². The van der Waals surface area contributed by atoms with Crippen LogP contribution < -0.4 is 5.32 Å². The number of amides is 1. The van der Waals surface area contributed by atoms with E-state index in [1.165, 1.54) is 12.8 Å². The van der Waals surface area contributed by atoms with Gasteiger partial charge in [-0.05, 0) is 12.8 Å². The molecule has 0 radical (unpaired) electrons. The average molecular weight is 168 g/mol. The molecule has 12 heavy (non-hydrogen) atoms. The van der Waals surface area contributed by atoms with E-state index in [1.54, 1.807) is 0 Å². The van der Waals surface area contributed by atoms with Gasteiger partial charge in [0.05, 0.1) is 19.8 Å². The van der Waals surface area contributed by atoms with Crippen LogP contribution in [-0.2, 0) is 9.53 Å². The number of carbonyl (C=O) groups excluding carboxylic acids is 1. The van der Waals surface area contributed by atoms with Crippen molar-refractivity contribution in [3.63, 3.8) is 0 Å². The van der Waals surface area contributed by atoms with Crippen LogP contribution in [0, 0.1) is 0 Å². The Bertz CT molecular complexity index is 233. The van der Waals surface area contributed by atoms with Gasteiger partial charge in [0.25, 0.3) is 0 Å². The van der Waals surface area contributed by atoms with E-state index in [1.807, 2.05) is 4.90 Å². The van der Waals surface area contributed by atoms with E-state index in [4.69, 9.17) is 4.74 Å². The lowest BCUT2D eigenvalue weighted by atomic mass is 10.1. The molecule has 1 amide bonds. The summed E-state index contributed by atoms with van der Waals surface area (Å²) in [7, 11) is 0. The molecule has 3 rings (SSSR count). The van der Waals surface area contributed by atoms with Crippen LogP contribution in [0.25, 0.3) is 0 Å². The minimum atomic E-state index is -0.0990. The summed E-state index contributed by atoms with van der Waals surface area (Å²) < 4.78 is 5.16. The van der Waals surface area contributed by atoms with E-state index in [9.17, 15) is 4.79 Å². The minimum absolute atomic E-state index is 0.0990. The van der Waals surface area contributed by atoms with Crippen molar-refractivity contribution >= 4 is 5.91 Å². The van der Waals surface area contributed by atoms with Gasteiger partial charge < -0.3 is 9.64 Å². The molecular weight excluding hydrogens is 156 g/mol. The first-order chi connectivity index (χ1) is 5.82. The van der Waals surface area contributed by atoms with Crippen molar-refractivity contribution in [2.24, 2.45) is 0 Å². The summed E-state index contributed by atoms with van der Waals surface area (Å²) in [6, 6.07) is 0.511. The third-order valence-electron chi connectivity index (χ3n) is 2.89. The van der Waals surface area contributed by atoms with E-state index in [2.05, 4.69) is 5.32 Å². The second kappa shape index (κ2) is 2.00. The number of hydrogen-bond acceptors (Lipinski definition) is 3. The first kappa shape index (κ1) is 6.86. The molecule has 0 aromatic rings. The molecule has 0 aromatic carbocycles. The van der Waals surface area contributed by atoms with Gasteiger partial charge in [0.1, 0.15) is 5.66 Å². The number of nitrogens with one attached hydrogen (secondary N) is 1. The number of ether oxygens (including phenoxy) is 1. The molecule has 4 heteroatoms. The van der Waals surface area contributed by atoms with Gasteiger partial charge >= 0.3 is 0 Å². The maximum Gasteiger partial charge on any atom is 0.238 e. The highest BCUT2D eigenvalue weighted by atomic mass is 16.5. The summed E-state index contributed by atoms with van der Waals surface area (Å²) in [4.78, 5) is 13.5. The highest BCUT2D eigenvalue weighted by molar-refractivity contribution is 5.82. The Morgan fingerprint density at radius 3 is 2.75 bits per heavy atom. The molecule has 1 saturated carbocycles. The van der Waals surface area contributed by atoms with Gasteiger partial charge in [0, 0.05) is 6.04 Å². The Morgan fingerprint density at radius 2 is 2.25 bits per heavy atom. The first-order valence-corrected chi connectivity index (χ1v) is 4.47. The second-order valence-electron chi connectivity index (χ2n) is 3.87. The summed E-state index contributed by atoms with van der Waals surface area (Å²) in [6.07, 6.45) is 2.35. The SMILES string of the molecule is O=C1CNC2(COC2)N1C1CC1. The summed E-state index contributed by atoms with van der Waals surface area (Å²) in [6.45, 7) is 1.85. The van der Waals surface area contributed by atoms with E-state index >= 15 is 0 Å². The van der Waals surface area contributed by atoms with Gasteiger partial charge in [-0.25, -0.2) is 0 Å². The van der Waals surface area contributed by atoms with Crippen molar-refractivity contribution in [1.82, 2.24) is 10.2 Å². The highest BCUT2D eigenvalue weighted by Crippen LogP contribution is 2.37. The molecule has 2 aliphatic heterocycles. The molecule has 3 fully saturated rings. The molecule has 0 aromatic heterocycles. The lowest BCUT2D eigenvalue weighted by Gasteiger charge is -2.44. The Morgan fingerprint density at radius 1 is 1.50 bits per heavy atom. The predicted octanol–water partition coefficient (Wildman–Crippen LogP) is -0.693. The van der Waals surface area contributed by atoms with Gasteiger partial charge in [0.2, 0.25) is 5.91 Å². The Kier molecular flexibility index (Phi) is 1.14. The summed E-state index contributed by atoms with van der Waals surface area (Å²) >= 11 is 0. The van der Waals surface area contributed by atoms with Crippen molar-refractivity contribution in [1.29, 1.82) is 0 Å². The van der Waals surface area contributed by atoms with Crippen molar-refractivity contribution in [3.8, 4) is 0 Å². The third kappa shape index (κ3) is 0.716. The van der Waals surface area contributed by atoms with E-state index in [0.717, 1.165) is 0 Å². The average Bonchev–Trinajstić information content (AvgIpc) is 2.73. The highest BCUT2D eigenvalue weighted by Gasteiger charge is 2.55. The number of hydrogen-bond donors (Lipinski definition) is 1. The fourth-order valence-corrected chi connectivity index (χ4v) is 2.07. The maximum absolute atomic E-state index is 11.5. The topological polar surface area (TPSA) is 41.6 Å². The molecular formula is C8H12N2O2. The van der Waals surface area contributed by atoms with Crippen molar-refractivity contribution in [2.75, 3.05) is 19.8 Å². The summed E-state index contributed by atoms with van der Waals surface area (Å²) in [5.41, 5.74) is -0.0990. The fraction of sp³-hybridized carbons (Fsp3) is 0.875. The smallest absolute Gasteiger partial charge is 0.238 e. The van der Waals surface area contributed by atoms with Crippen LogP contribution in [0.3, 0.4) is 0 Å². The van der Waals surface area contributed by atoms with Crippen molar-refractivity contribution in [3.05, 3.63) is 0 Å². The zero-order chi connectivity index (χ0) is 8.18. The quantitative estimate of drug-likeness (QED) is 0.563.